The van der Waals surface area contributed by atoms with E-state index in [-0.39, 0.29) is 5.41 Å². The van der Waals surface area contributed by atoms with Gasteiger partial charge in [0.15, 0.2) is 0 Å². The minimum atomic E-state index is -0.699. The molecule has 1 aromatic rings. The van der Waals surface area contributed by atoms with Crippen molar-refractivity contribution < 1.29 is 19.1 Å². The van der Waals surface area contributed by atoms with Crippen LogP contribution in [0.25, 0.3) is 0 Å². The average molecular weight is 414 g/mol. The third kappa shape index (κ3) is 3.83. The van der Waals surface area contributed by atoms with Crippen LogP contribution >= 0.6 is 0 Å². The summed E-state index contributed by atoms with van der Waals surface area (Å²) in [6.07, 6.45) is 8.50. The Hall–Kier alpha value is -2.04. The minimum absolute atomic E-state index is 0.134. The second-order valence-electron chi connectivity index (χ2n) is 9.76. The lowest BCUT2D eigenvalue weighted by Gasteiger charge is -2.50. The lowest BCUT2D eigenvalue weighted by atomic mass is 9.54. The van der Waals surface area contributed by atoms with Crippen LogP contribution in [-0.4, -0.2) is 25.6 Å². The number of ketones is 1. The fraction of sp³-hybridized carbons (Fsp3) is 0.680. The van der Waals surface area contributed by atoms with Crippen molar-refractivity contribution in [3.05, 3.63) is 29.3 Å². The highest BCUT2D eigenvalue weighted by Crippen LogP contribution is 2.62. The molecule has 3 aliphatic rings. The molecular formula is C25H35NO4. The monoisotopic (exact) mass is 413 g/mol. The molecule has 0 radical (unpaired) electrons. The molecule has 0 unspecified atom stereocenters. The summed E-state index contributed by atoms with van der Waals surface area (Å²) in [6.45, 7) is 2.64. The summed E-state index contributed by atoms with van der Waals surface area (Å²) in [5.74, 6) is 3.62. The van der Waals surface area contributed by atoms with E-state index in [1.807, 2.05) is 0 Å². The van der Waals surface area contributed by atoms with Crippen LogP contribution in [0.3, 0.4) is 0 Å². The van der Waals surface area contributed by atoms with Crippen LogP contribution in [0.4, 0.5) is 4.79 Å². The lowest BCUT2D eigenvalue weighted by Crippen LogP contribution is -2.44. The molecule has 0 aromatic heterocycles. The fourth-order valence-electron chi connectivity index (χ4n) is 6.87. The number of methoxy groups -OCH3 is 1. The molecule has 2 saturated carbocycles. The molecule has 30 heavy (non-hydrogen) atoms. The Morgan fingerprint density at radius 1 is 1.23 bits per heavy atom. The highest BCUT2D eigenvalue weighted by atomic mass is 16.5. The van der Waals surface area contributed by atoms with Gasteiger partial charge in [0.1, 0.15) is 11.5 Å². The fourth-order valence-corrected chi connectivity index (χ4v) is 6.87. The smallest absolute Gasteiger partial charge is 0.404 e. The van der Waals surface area contributed by atoms with Crippen LogP contribution in [0.15, 0.2) is 18.2 Å². The standard InChI is InChI=1S/C25H35NO4/c1-25-12-11-20-19-10-8-18(29-2)14-16(19)7-9-21(20)23(25)17(15-22(25)27)6-4-3-5-13-30-24(26)28/h8,10,14,17,20-21,23H,3-7,9,11-13,15H2,1-2H3,(H2,26,28)/t17-,20-,21-,23+,25-/m1/s1. The number of primary amides is 1. The molecule has 164 valence electrons. The van der Waals surface area contributed by atoms with Crippen LogP contribution in [0, 0.1) is 23.2 Å². The van der Waals surface area contributed by atoms with Gasteiger partial charge in [-0.25, -0.2) is 4.79 Å². The number of hydrogen-bond acceptors (Lipinski definition) is 4. The normalized spacial score (nSPS) is 32.1. The maximum atomic E-state index is 13.1. The molecule has 4 rings (SSSR count). The van der Waals surface area contributed by atoms with Crippen molar-refractivity contribution in [1.29, 1.82) is 0 Å². The first-order chi connectivity index (χ1) is 14.4. The molecule has 0 saturated heterocycles. The first-order valence-electron chi connectivity index (χ1n) is 11.6. The number of fused-ring (bicyclic) bond motifs is 5. The van der Waals surface area contributed by atoms with E-state index >= 15 is 0 Å². The summed E-state index contributed by atoms with van der Waals surface area (Å²) < 4.78 is 10.3. The van der Waals surface area contributed by atoms with E-state index in [1.54, 1.807) is 7.11 Å². The Morgan fingerprint density at radius 3 is 2.83 bits per heavy atom. The number of carbonyl (C=O) groups is 2. The Balaban J connectivity index is 1.45. The second-order valence-corrected chi connectivity index (χ2v) is 9.76. The van der Waals surface area contributed by atoms with Crippen LogP contribution in [0.1, 0.15) is 75.3 Å². The summed E-state index contributed by atoms with van der Waals surface area (Å²) in [5.41, 5.74) is 7.82. The van der Waals surface area contributed by atoms with E-state index < -0.39 is 6.09 Å². The number of ether oxygens (including phenoxy) is 2. The van der Waals surface area contributed by atoms with Crippen molar-refractivity contribution in [2.75, 3.05) is 13.7 Å². The summed E-state index contributed by atoms with van der Waals surface area (Å²) in [6, 6.07) is 6.59. The molecule has 3 aliphatic carbocycles. The third-order valence-corrected chi connectivity index (χ3v) is 8.24. The number of benzene rings is 1. The zero-order chi connectivity index (χ0) is 21.3. The predicted octanol–water partition coefficient (Wildman–Crippen LogP) is 5.00. The van der Waals surface area contributed by atoms with Gasteiger partial charge in [-0.2, -0.15) is 0 Å². The Bertz CT molecular complexity index is 806. The zero-order valence-electron chi connectivity index (χ0n) is 18.3. The molecule has 0 spiro atoms. The summed E-state index contributed by atoms with van der Waals surface area (Å²) >= 11 is 0. The van der Waals surface area contributed by atoms with Crippen LogP contribution in [-0.2, 0) is 16.0 Å². The summed E-state index contributed by atoms with van der Waals surface area (Å²) in [7, 11) is 1.73. The molecule has 0 bridgehead atoms. The molecule has 0 heterocycles. The number of rotatable bonds is 7. The predicted molar refractivity (Wildman–Crippen MR) is 115 cm³/mol. The molecule has 2 fully saturated rings. The van der Waals surface area contributed by atoms with E-state index in [0.29, 0.717) is 36.1 Å². The van der Waals surface area contributed by atoms with Gasteiger partial charge in [0, 0.05) is 11.8 Å². The van der Waals surface area contributed by atoms with Gasteiger partial charge in [0.2, 0.25) is 0 Å². The van der Waals surface area contributed by atoms with Crippen molar-refractivity contribution in [1.82, 2.24) is 0 Å². The van der Waals surface area contributed by atoms with Crippen LogP contribution in [0.2, 0.25) is 0 Å². The molecule has 5 nitrogen and oxygen atoms in total. The van der Waals surface area contributed by atoms with Gasteiger partial charge in [-0.3, -0.25) is 4.79 Å². The van der Waals surface area contributed by atoms with Crippen molar-refractivity contribution in [2.24, 2.45) is 28.9 Å². The topological polar surface area (TPSA) is 78.6 Å². The second kappa shape index (κ2) is 8.60. The van der Waals surface area contributed by atoms with Gasteiger partial charge in [0.05, 0.1) is 13.7 Å². The third-order valence-electron chi connectivity index (χ3n) is 8.24. The van der Waals surface area contributed by atoms with Gasteiger partial charge in [0.25, 0.3) is 0 Å². The van der Waals surface area contributed by atoms with Gasteiger partial charge in [-0.15, -0.1) is 0 Å². The molecule has 5 heteroatoms. The molecule has 0 aliphatic heterocycles. The number of Topliss-reactive ketones (excluding diaryl/α,β-unsaturated/α-hetero) is 1. The summed E-state index contributed by atoms with van der Waals surface area (Å²) in [5, 5.41) is 0. The molecule has 2 N–H and O–H groups in total. The van der Waals surface area contributed by atoms with E-state index in [0.717, 1.165) is 57.1 Å². The quantitative estimate of drug-likeness (QED) is 0.638. The number of aryl methyl sites for hydroxylation is 1. The van der Waals surface area contributed by atoms with Crippen molar-refractivity contribution >= 4 is 11.9 Å². The van der Waals surface area contributed by atoms with Gasteiger partial charge in [-0.05, 0) is 85.5 Å². The number of carbonyl (C=O) groups excluding carboxylic acids is 2. The van der Waals surface area contributed by atoms with Gasteiger partial charge in [-0.1, -0.05) is 25.8 Å². The number of nitrogens with two attached hydrogens (primary N) is 1. The Morgan fingerprint density at radius 2 is 2.07 bits per heavy atom. The largest absolute Gasteiger partial charge is 0.497 e. The first kappa shape index (κ1) is 21.2. The van der Waals surface area contributed by atoms with E-state index in [4.69, 9.17) is 15.2 Å². The van der Waals surface area contributed by atoms with E-state index in [1.165, 1.54) is 17.5 Å². The number of amides is 1. The SMILES string of the molecule is COc1ccc2c(c1)CC[C@H]1[C@@H]3[C@H](CCCCCOC(N)=O)CC(=O)[C@@]3(C)CC[C@H]21. The maximum Gasteiger partial charge on any atom is 0.404 e. The van der Waals surface area contributed by atoms with E-state index in [2.05, 4.69) is 25.1 Å². The van der Waals surface area contributed by atoms with Gasteiger partial charge >= 0.3 is 6.09 Å². The summed E-state index contributed by atoms with van der Waals surface area (Å²) in [4.78, 5) is 23.7. The highest BCUT2D eigenvalue weighted by Gasteiger charge is 2.58. The maximum absolute atomic E-state index is 13.1. The van der Waals surface area contributed by atoms with E-state index in [9.17, 15) is 9.59 Å². The van der Waals surface area contributed by atoms with Crippen molar-refractivity contribution in [2.45, 2.75) is 70.6 Å². The van der Waals surface area contributed by atoms with Gasteiger partial charge < -0.3 is 15.2 Å². The van der Waals surface area contributed by atoms with Crippen LogP contribution < -0.4 is 10.5 Å². The molecule has 1 amide bonds. The minimum Gasteiger partial charge on any atom is -0.497 e. The first-order valence-corrected chi connectivity index (χ1v) is 11.6. The van der Waals surface area contributed by atoms with Crippen molar-refractivity contribution in [3.8, 4) is 5.75 Å². The Labute approximate surface area is 179 Å². The number of unbranched alkanes of at least 4 members (excludes halogenated alkanes) is 2. The lowest BCUT2D eigenvalue weighted by molar-refractivity contribution is -0.129. The molecule has 5 atom stereocenters. The average Bonchev–Trinajstić information content (AvgIpc) is 2.99. The highest BCUT2D eigenvalue weighted by molar-refractivity contribution is 5.87. The molecular weight excluding hydrogens is 378 g/mol. The van der Waals surface area contributed by atoms with Crippen molar-refractivity contribution in [3.63, 3.8) is 0 Å². The van der Waals surface area contributed by atoms with Crippen LogP contribution in [0.5, 0.6) is 5.75 Å². The Kier molecular flexibility index (Phi) is 6.08. The number of hydrogen-bond donors (Lipinski definition) is 1. The molecule has 1 aromatic carbocycles. The zero-order valence-corrected chi connectivity index (χ0v) is 18.3.